The van der Waals surface area contributed by atoms with E-state index in [2.05, 4.69) is 13.8 Å². The number of benzene rings is 1. The topological polar surface area (TPSA) is 84.0 Å². The molecule has 0 radical (unpaired) electrons. The van der Waals surface area contributed by atoms with Gasteiger partial charge in [0.15, 0.2) is 6.61 Å². The number of esters is 1. The number of hydrogen-bond acceptors (Lipinski definition) is 5. The highest BCUT2D eigenvalue weighted by Gasteiger charge is 2.28. The smallest absolute Gasteiger partial charge is 0.338 e. The summed E-state index contributed by atoms with van der Waals surface area (Å²) >= 11 is 0. The minimum atomic E-state index is -3.65. The number of aryl methyl sites for hydroxylation is 1. The van der Waals surface area contributed by atoms with Gasteiger partial charge in [0.1, 0.15) is 0 Å². The Hall–Kier alpha value is -1.93. The van der Waals surface area contributed by atoms with Crippen molar-refractivity contribution in [3.05, 3.63) is 29.3 Å². The summed E-state index contributed by atoms with van der Waals surface area (Å²) < 4.78 is 32.6. The van der Waals surface area contributed by atoms with E-state index >= 15 is 0 Å². The number of ether oxygens (including phenoxy) is 1. The molecule has 0 saturated carbocycles. The highest BCUT2D eigenvalue weighted by Crippen LogP contribution is 2.24. The molecule has 30 heavy (non-hydrogen) atoms. The van der Waals surface area contributed by atoms with Gasteiger partial charge in [-0.25, -0.2) is 13.2 Å². The fraction of sp³-hybridized carbons (Fsp3) is 0.636. The second-order valence-corrected chi connectivity index (χ2v) is 10.7. The molecule has 2 fully saturated rings. The molecule has 0 spiro atoms. The number of carbonyl (C=O) groups is 2. The maximum Gasteiger partial charge on any atom is 0.338 e. The van der Waals surface area contributed by atoms with Gasteiger partial charge in [0.25, 0.3) is 5.91 Å². The van der Waals surface area contributed by atoms with Crippen LogP contribution in [0.1, 0.15) is 55.5 Å². The number of hydrogen-bond donors (Lipinski definition) is 0. The van der Waals surface area contributed by atoms with E-state index in [1.54, 1.807) is 17.9 Å². The average Bonchev–Trinajstić information content (AvgIpc) is 2.71. The molecular weight excluding hydrogens is 404 g/mol. The number of carbonyl (C=O) groups excluding carboxylic acids is 2. The minimum Gasteiger partial charge on any atom is -0.452 e. The predicted octanol–water partition coefficient (Wildman–Crippen LogP) is 2.83. The van der Waals surface area contributed by atoms with Crippen molar-refractivity contribution in [3.8, 4) is 0 Å². The summed E-state index contributed by atoms with van der Waals surface area (Å²) in [7, 11) is -3.65. The third-order valence-corrected chi connectivity index (χ3v) is 7.82. The van der Waals surface area contributed by atoms with Gasteiger partial charge in [0.2, 0.25) is 10.0 Å². The molecule has 2 atom stereocenters. The Bertz CT molecular complexity index is 883. The molecule has 1 aromatic rings. The van der Waals surface area contributed by atoms with Gasteiger partial charge in [0.05, 0.1) is 10.5 Å². The molecule has 0 N–H and O–H groups in total. The van der Waals surface area contributed by atoms with Crippen molar-refractivity contribution < 1.29 is 22.7 Å². The molecule has 8 heteroatoms. The first kappa shape index (κ1) is 22.7. The van der Waals surface area contributed by atoms with Crippen LogP contribution in [-0.4, -0.2) is 62.3 Å². The molecule has 0 unspecified atom stereocenters. The Morgan fingerprint density at radius 2 is 1.70 bits per heavy atom. The molecule has 166 valence electrons. The quantitative estimate of drug-likeness (QED) is 0.663. The summed E-state index contributed by atoms with van der Waals surface area (Å²) in [5.41, 5.74) is 0.798. The van der Waals surface area contributed by atoms with Crippen molar-refractivity contribution in [2.24, 2.45) is 11.8 Å². The second kappa shape index (κ2) is 9.47. The summed E-state index contributed by atoms with van der Waals surface area (Å²) in [6.07, 6.45) is 3.80. The van der Waals surface area contributed by atoms with E-state index in [-0.39, 0.29) is 23.0 Å². The van der Waals surface area contributed by atoms with Gasteiger partial charge in [-0.3, -0.25) is 4.79 Å². The van der Waals surface area contributed by atoms with Crippen molar-refractivity contribution >= 4 is 21.9 Å². The second-order valence-electron chi connectivity index (χ2n) is 8.76. The predicted molar refractivity (Wildman–Crippen MR) is 114 cm³/mol. The molecule has 0 aliphatic carbocycles. The number of sulfonamides is 1. The fourth-order valence-corrected chi connectivity index (χ4v) is 5.94. The molecule has 2 aliphatic rings. The molecule has 1 aromatic carbocycles. The number of piperidine rings is 2. The fourth-order valence-electron chi connectivity index (χ4n) is 4.40. The van der Waals surface area contributed by atoms with Gasteiger partial charge in [-0.1, -0.05) is 26.3 Å². The SMILES string of the molecule is Cc1ccc(S(=O)(=O)N2CCCCC2)cc1C(=O)OCC(=O)N1C[C@H](C)C[C@H](C)C1. The lowest BCUT2D eigenvalue weighted by Crippen LogP contribution is -2.44. The number of nitrogens with zero attached hydrogens (tertiary/aromatic N) is 2. The first-order valence-electron chi connectivity index (χ1n) is 10.7. The lowest BCUT2D eigenvalue weighted by atomic mass is 9.92. The largest absolute Gasteiger partial charge is 0.452 e. The molecule has 2 aliphatic heterocycles. The highest BCUT2D eigenvalue weighted by molar-refractivity contribution is 7.89. The van der Waals surface area contributed by atoms with Crippen LogP contribution >= 0.6 is 0 Å². The number of likely N-dealkylation sites (tertiary alicyclic amines) is 1. The van der Waals surface area contributed by atoms with Gasteiger partial charge in [-0.05, 0) is 55.7 Å². The normalized spacial score (nSPS) is 23.2. The van der Waals surface area contributed by atoms with E-state index in [4.69, 9.17) is 4.74 Å². The number of rotatable bonds is 5. The molecular formula is C22H32N2O5S. The third kappa shape index (κ3) is 5.21. The minimum absolute atomic E-state index is 0.0898. The maximum atomic E-state index is 12.9. The zero-order valence-electron chi connectivity index (χ0n) is 18.1. The molecule has 0 aromatic heterocycles. The highest BCUT2D eigenvalue weighted by atomic mass is 32.2. The summed E-state index contributed by atoms with van der Waals surface area (Å²) in [6, 6.07) is 4.51. The van der Waals surface area contributed by atoms with Crippen LogP contribution in [0.2, 0.25) is 0 Å². The lowest BCUT2D eigenvalue weighted by Gasteiger charge is -2.34. The van der Waals surface area contributed by atoms with E-state index in [1.165, 1.54) is 16.4 Å². The third-order valence-electron chi connectivity index (χ3n) is 5.93. The van der Waals surface area contributed by atoms with Gasteiger partial charge < -0.3 is 9.64 Å². The average molecular weight is 437 g/mol. The van der Waals surface area contributed by atoms with Crippen LogP contribution in [-0.2, 0) is 19.6 Å². The monoisotopic (exact) mass is 436 g/mol. The maximum absolute atomic E-state index is 12.9. The summed E-state index contributed by atoms with van der Waals surface area (Å²) in [6.45, 7) is 7.95. The van der Waals surface area contributed by atoms with E-state index < -0.39 is 16.0 Å². The Balaban J connectivity index is 1.68. The zero-order valence-corrected chi connectivity index (χ0v) is 18.9. The van der Waals surface area contributed by atoms with Crippen LogP contribution in [0.15, 0.2) is 23.1 Å². The van der Waals surface area contributed by atoms with E-state index in [0.717, 1.165) is 25.7 Å². The van der Waals surface area contributed by atoms with Crippen LogP contribution in [0.5, 0.6) is 0 Å². The Morgan fingerprint density at radius 3 is 2.33 bits per heavy atom. The van der Waals surface area contributed by atoms with Crippen LogP contribution in [0.25, 0.3) is 0 Å². The first-order valence-corrected chi connectivity index (χ1v) is 12.2. The van der Waals surface area contributed by atoms with Gasteiger partial charge >= 0.3 is 5.97 Å². The Morgan fingerprint density at radius 1 is 1.07 bits per heavy atom. The molecule has 2 saturated heterocycles. The van der Waals surface area contributed by atoms with Crippen LogP contribution in [0.4, 0.5) is 0 Å². The molecule has 0 bridgehead atoms. The van der Waals surface area contributed by atoms with Crippen molar-refractivity contribution in [3.63, 3.8) is 0 Å². The van der Waals surface area contributed by atoms with Crippen molar-refractivity contribution in [2.75, 3.05) is 32.8 Å². The van der Waals surface area contributed by atoms with Crippen LogP contribution in [0.3, 0.4) is 0 Å². The number of amides is 1. The molecule has 3 rings (SSSR count). The van der Waals surface area contributed by atoms with E-state index in [1.807, 2.05) is 0 Å². The summed E-state index contributed by atoms with van der Waals surface area (Å²) in [5, 5.41) is 0. The Kier molecular flexibility index (Phi) is 7.18. The molecule has 7 nitrogen and oxygen atoms in total. The summed E-state index contributed by atoms with van der Waals surface area (Å²) in [4.78, 5) is 27.0. The van der Waals surface area contributed by atoms with Gasteiger partial charge in [-0.15, -0.1) is 0 Å². The standard InChI is InChI=1S/C22H32N2O5S/c1-16-11-17(2)14-23(13-16)21(25)15-29-22(26)20-12-19(8-7-18(20)3)30(27,28)24-9-5-4-6-10-24/h7-8,12,16-17H,4-6,9-11,13-15H2,1-3H3/t16-,17+. The van der Waals surface area contributed by atoms with Crippen molar-refractivity contribution in [1.29, 1.82) is 0 Å². The van der Waals surface area contributed by atoms with Gasteiger partial charge in [0, 0.05) is 26.2 Å². The van der Waals surface area contributed by atoms with Crippen molar-refractivity contribution in [2.45, 2.75) is 51.3 Å². The van der Waals surface area contributed by atoms with Crippen LogP contribution in [0, 0.1) is 18.8 Å². The lowest BCUT2D eigenvalue weighted by molar-refractivity contribution is -0.137. The summed E-state index contributed by atoms with van der Waals surface area (Å²) in [5.74, 6) is -0.0363. The zero-order chi connectivity index (χ0) is 21.9. The van der Waals surface area contributed by atoms with Crippen molar-refractivity contribution in [1.82, 2.24) is 9.21 Å². The van der Waals surface area contributed by atoms with E-state index in [9.17, 15) is 18.0 Å². The molecule has 2 heterocycles. The Labute approximate surface area is 179 Å². The van der Waals surface area contributed by atoms with Crippen LogP contribution < -0.4 is 0 Å². The first-order chi connectivity index (χ1) is 14.2. The van der Waals surface area contributed by atoms with Gasteiger partial charge in [-0.2, -0.15) is 4.31 Å². The molecule has 1 amide bonds. The van der Waals surface area contributed by atoms with E-state index in [0.29, 0.717) is 43.6 Å².